The van der Waals surface area contributed by atoms with Crippen molar-refractivity contribution < 1.29 is 4.43 Å². The molecule has 1 fully saturated rings. The number of rotatable bonds is 3. The predicted octanol–water partition coefficient (Wildman–Crippen LogP) is 4.98. The first-order valence-electron chi connectivity index (χ1n) is 8.14. The minimum absolute atomic E-state index is 0.703. The van der Waals surface area contributed by atoms with Crippen LogP contribution < -0.4 is 0 Å². The van der Waals surface area contributed by atoms with Gasteiger partial charge in [-0.2, -0.15) is 0 Å². The molecule has 0 spiro atoms. The molecule has 1 saturated heterocycles. The van der Waals surface area contributed by atoms with Gasteiger partial charge in [0.25, 0.3) is 0 Å². The van der Waals surface area contributed by atoms with Crippen LogP contribution in [-0.4, -0.2) is 40.1 Å². The number of hydrogen-bond donors (Lipinski definition) is 0. The van der Waals surface area contributed by atoms with Gasteiger partial charge in [0.1, 0.15) is 16.5 Å². The summed E-state index contributed by atoms with van der Waals surface area (Å²) in [4.78, 5) is 0. The average molecular weight is 358 g/mol. The van der Waals surface area contributed by atoms with Crippen molar-refractivity contribution in [3.05, 3.63) is 11.6 Å². The van der Waals surface area contributed by atoms with Gasteiger partial charge >= 0.3 is 0 Å². The molecular formula is C15H31NOSSi3. The number of hydrogen-bond acceptors (Lipinski definition) is 3. The molecule has 21 heavy (non-hydrogen) atoms. The zero-order valence-corrected chi connectivity index (χ0v) is 18.6. The molecule has 0 radical (unpaired) electrons. The Bertz CT molecular complexity index is 452. The monoisotopic (exact) mass is 357 g/mol. The van der Waals surface area contributed by atoms with E-state index >= 15 is 0 Å². The third kappa shape index (κ3) is 3.96. The predicted molar refractivity (Wildman–Crippen MR) is 105 cm³/mol. The van der Waals surface area contributed by atoms with Crippen molar-refractivity contribution in [3.63, 3.8) is 0 Å². The fourth-order valence-corrected chi connectivity index (χ4v) is 20.6. The quantitative estimate of drug-likeness (QED) is 0.522. The van der Waals surface area contributed by atoms with Gasteiger partial charge in [-0.1, -0.05) is 32.3 Å². The Labute approximate surface area is 139 Å². The molecule has 1 aliphatic carbocycles. The summed E-state index contributed by atoms with van der Waals surface area (Å²) in [7, 11) is -3.97. The zero-order valence-electron chi connectivity index (χ0n) is 14.7. The van der Waals surface area contributed by atoms with Crippen LogP contribution >= 0.6 is 12.2 Å². The highest BCUT2D eigenvalue weighted by molar-refractivity contribution is 7.80. The Balaban J connectivity index is 2.06. The molecule has 1 atom stereocenters. The molecule has 2 nitrogen and oxygen atoms in total. The van der Waals surface area contributed by atoms with E-state index in [0.29, 0.717) is 6.04 Å². The Morgan fingerprint density at radius 3 is 2.19 bits per heavy atom. The van der Waals surface area contributed by atoms with Crippen molar-refractivity contribution >= 4 is 42.1 Å². The first kappa shape index (κ1) is 17.6. The number of thiocarbonyl (C=S) groups is 1. The van der Waals surface area contributed by atoms with E-state index in [9.17, 15) is 0 Å². The molecule has 0 saturated carbocycles. The van der Waals surface area contributed by atoms with Crippen LogP contribution in [0.1, 0.15) is 12.8 Å². The van der Waals surface area contributed by atoms with E-state index in [4.69, 9.17) is 16.6 Å². The van der Waals surface area contributed by atoms with E-state index < -0.39 is 24.8 Å². The molecule has 2 aliphatic rings. The van der Waals surface area contributed by atoms with E-state index in [2.05, 4.69) is 56.1 Å². The Hall–Kier alpha value is 0.241. The molecule has 0 amide bonds. The summed E-state index contributed by atoms with van der Waals surface area (Å²) < 4.78 is 9.06. The highest BCUT2D eigenvalue weighted by Gasteiger charge is 2.50. The van der Waals surface area contributed by atoms with Crippen molar-refractivity contribution in [1.82, 2.24) is 4.23 Å². The molecular weight excluding hydrogens is 326 g/mol. The van der Waals surface area contributed by atoms with E-state index in [1.807, 2.05) is 0 Å². The second kappa shape index (κ2) is 5.71. The third-order valence-electron chi connectivity index (χ3n) is 4.77. The standard InChI is InChI=1S/C15H31NOSSi3/c1-19(2,3)17-15(18)13-8-9-14(12-13)16-20(4,5)10-11-21(16,6)7/h8,14H,9-12H2,1-7H3. The van der Waals surface area contributed by atoms with E-state index in [1.165, 1.54) is 24.1 Å². The maximum Gasteiger partial charge on any atom is 0.243 e. The lowest BCUT2D eigenvalue weighted by Gasteiger charge is -2.43. The SMILES string of the molecule is C[Si](C)(C)OC(=S)C1=CCC(N2[Si](C)(C)CC[Si]2(C)C)C1. The highest BCUT2D eigenvalue weighted by Crippen LogP contribution is 2.42. The average Bonchev–Trinajstić information content (AvgIpc) is 2.80. The van der Waals surface area contributed by atoms with Gasteiger partial charge in [0.2, 0.25) is 8.32 Å². The van der Waals surface area contributed by atoms with Gasteiger partial charge in [-0.25, -0.2) is 0 Å². The number of nitrogens with zero attached hydrogens (tertiary/aromatic N) is 1. The second-order valence-corrected chi connectivity index (χ2v) is 23.3. The van der Waals surface area contributed by atoms with Crippen molar-refractivity contribution in [2.45, 2.75) is 76.8 Å². The van der Waals surface area contributed by atoms with Crippen LogP contribution in [0, 0.1) is 0 Å². The van der Waals surface area contributed by atoms with Crippen LogP contribution in [0.5, 0.6) is 0 Å². The van der Waals surface area contributed by atoms with Crippen molar-refractivity contribution in [2.75, 3.05) is 0 Å². The normalized spacial score (nSPS) is 28.5. The molecule has 2 rings (SSSR count). The molecule has 0 aromatic carbocycles. The summed E-state index contributed by atoms with van der Waals surface area (Å²) in [6.07, 6.45) is 4.66. The second-order valence-electron chi connectivity index (χ2n) is 8.82. The van der Waals surface area contributed by atoms with Crippen molar-refractivity contribution in [3.8, 4) is 0 Å². The summed E-state index contributed by atoms with van der Waals surface area (Å²) in [5.74, 6) is 0. The third-order valence-corrected chi connectivity index (χ3v) is 16.5. The molecule has 1 aliphatic heterocycles. The van der Waals surface area contributed by atoms with E-state index in [-0.39, 0.29) is 0 Å². The van der Waals surface area contributed by atoms with Gasteiger partial charge in [0.15, 0.2) is 5.05 Å². The minimum atomic E-state index is -1.58. The van der Waals surface area contributed by atoms with Gasteiger partial charge in [-0.05, 0) is 56.8 Å². The van der Waals surface area contributed by atoms with E-state index in [0.717, 1.165) is 11.5 Å². The van der Waals surface area contributed by atoms with Gasteiger partial charge in [-0.15, -0.1) is 0 Å². The maximum absolute atomic E-state index is 6.04. The summed E-state index contributed by atoms with van der Waals surface area (Å²) in [6.45, 7) is 16.9. The lowest BCUT2D eigenvalue weighted by molar-refractivity contribution is 0.463. The van der Waals surface area contributed by atoms with Crippen LogP contribution in [0.15, 0.2) is 11.6 Å². The fourth-order valence-electron chi connectivity index (χ4n) is 4.07. The fraction of sp³-hybridized carbons (Fsp3) is 0.800. The van der Waals surface area contributed by atoms with Crippen LogP contribution in [0.4, 0.5) is 0 Å². The van der Waals surface area contributed by atoms with Gasteiger partial charge in [0.05, 0.1) is 0 Å². The summed E-state index contributed by atoms with van der Waals surface area (Å²) >= 11 is 5.55. The molecule has 1 unspecified atom stereocenters. The molecule has 0 N–H and O–H groups in total. The topological polar surface area (TPSA) is 12.5 Å². The molecule has 1 heterocycles. The Kier molecular flexibility index (Phi) is 4.78. The summed E-state index contributed by atoms with van der Waals surface area (Å²) in [6, 6.07) is 3.66. The zero-order chi connectivity index (χ0) is 16.1. The largest absolute Gasteiger partial charge is 0.537 e. The van der Waals surface area contributed by atoms with Gasteiger partial charge < -0.3 is 8.66 Å². The van der Waals surface area contributed by atoms with Crippen LogP contribution in [0.2, 0.25) is 57.9 Å². The van der Waals surface area contributed by atoms with Gasteiger partial charge in [0, 0.05) is 11.6 Å². The molecule has 0 bridgehead atoms. The lowest BCUT2D eigenvalue weighted by Crippen LogP contribution is -2.59. The Morgan fingerprint density at radius 1 is 1.19 bits per heavy atom. The smallest absolute Gasteiger partial charge is 0.243 e. The van der Waals surface area contributed by atoms with Crippen LogP contribution in [0.25, 0.3) is 0 Å². The van der Waals surface area contributed by atoms with Crippen molar-refractivity contribution in [2.24, 2.45) is 0 Å². The lowest BCUT2D eigenvalue weighted by atomic mass is 10.2. The molecule has 120 valence electrons. The van der Waals surface area contributed by atoms with Gasteiger partial charge in [-0.3, -0.25) is 0 Å². The maximum atomic E-state index is 6.04. The van der Waals surface area contributed by atoms with Crippen molar-refractivity contribution in [1.29, 1.82) is 0 Å². The molecule has 6 heteroatoms. The highest BCUT2D eigenvalue weighted by atomic mass is 32.1. The first-order valence-corrected chi connectivity index (χ1v) is 18.3. The molecule has 0 aromatic heterocycles. The van der Waals surface area contributed by atoms with Crippen LogP contribution in [-0.2, 0) is 4.43 Å². The summed E-state index contributed by atoms with van der Waals surface area (Å²) in [5, 5.41) is 0.787. The Morgan fingerprint density at radius 2 is 1.71 bits per heavy atom. The first-order chi connectivity index (χ1) is 9.42. The minimum Gasteiger partial charge on any atom is -0.537 e. The van der Waals surface area contributed by atoms with Crippen LogP contribution in [0.3, 0.4) is 0 Å². The molecule has 0 aromatic rings. The summed E-state index contributed by atoms with van der Waals surface area (Å²) in [5.41, 5.74) is 1.30. The van der Waals surface area contributed by atoms with E-state index in [1.54, 1.807) is 0 Å².